The Bertz CT molecular complexity index is 329. The van der Waals surface area contributed by atoms with Gasteiger partial charge in [0.2, 0.25) is 5.91 Å². The minimum Gasteiger partial charge on any atom is -0.480 e. The van der Waals surface area contributed by atoms with Crippen molar-refractivity contribution >= 4 is 11.9 Å². The fourth-order valence-electron chi connectivity index (χ4n) is 2.54. The molecule has 1 N–H and O–H groups in total. The van der Waals surface area contributed by atoms with Crippen molar-refractivity contribution in [3.05, 3.63) is 0 Å². The summed E-state index contributed by atoms with van der Waals surface area (Å²) in [5.41, 5.74) is 0. The number of ether oxygens (including phenoxy) is 1. The van der Waals surface area contributed by atoms with E-state index in [2.05, 4.69) is 0 Å². The lowest BCUT2D eigenvalue weighted by atomic mass is 9.88. The van der Waals surface area contributed by atoms with Gasteiger partial charge in [0.05, 0.1) is 18.1 Å². The fraction of sp³-hybridized carbons (Fsp3) is 0.846. The number of carboxylic acid groups (broad SMARTS) is 1. The number of aliphatic carboxylic acids is 1. The van der Waals surface area contributed by atoms with Gasteiger partial charge in [0, 0.05) is 6.04 Å². The molecule has 4 atom stereocenters. The van der Waals surface area contributed by atoms with Crippen LogP contribution < -0.4 is 0 Å². The number of carbonyl (C=O) groups is 2. The minimum atomic E-state index is -0.982. The first-order chi connectivity index (χ1) is 8.25. The van der Waals surface area contributed by atoms with Crippen LogP contribution in [0, 0.1) is 11.8 Å². The molecule has 0 aromatic rings. The lowest BCUT2D eigenvalue weighted by Crippen LogP contribution is -2.46. The van der Waals surface area contributed by atoms with Crippen LogP contribution in [-0.2, 0) is 14.3 Å². The van der Waals surface area contributed by atoms with E-state index in [4.69, 9.17) is 9.84 Å². The summed E-state index contributed by atoms with van der Waals surface area (Å²) in [6.45, 7) is 9.22. The molecule has 1 fully saturated rings. The number of hydrogen-bond acceptors (Lipinski definition) is 3. The lowest BCUT2D eigenvalue weighted by molar-refractivity contribution is -0.149. The van der Waals surface area contributed by atoms with Crippen molar-refractivity contribution in [3.63, 3.8) is 0 Å². The van der Waals surface area contributed by atoms with Gasteiger partial charge in [-0.05, 0) is 33.6 Å². The number of amides is 1. The van der Waals surface area contributed by atoms with Gasteiger partial charge >= 0.3 is 5.97 Å². The number of carboxylic acids is 1. The number of nitrogens with zero attached hydrogens (tertiary/aromatic N) is 1. The molecule has 0 aromatic heterocycles. The van der Waals surface area contributed by atoms with Crippen LogP contribution in [0.5, 0.6) is 0 Å². The van der Waals surface area contributed by atoms with Gasteiger partial charge in [-0.25, -0.2) is 0 Å². The SMILES string of the molecule is CC1OC(C)C(C(=O)N(CC(=O)O)C(C)C)C1C. The molecule has 5 nitrogen and oxygen atoms in total. The molecule has 4 unspecified atom stereocenters. The lowest BCUT2D eigenvalue weighted by Gasteiger charge is -2.30. The van der Waals surface area contributed by atoms with Crippen LogP contribution in [-0.4, -0.2) is 46.7 Å². The first kappa shape index (κ1) is 15.0. The quantitative estimate of drug-likeness (QED) is 0.826. The topological polar surface area (TPSA) is 66.8 Å². The Balaban J connectivity index is 2.86. The Morgan fingerprint density at radius 3 is 2.11 bits per heavy atom. The van der Waals surface area contributed by atoms with Crippen LogP contribution in [0.3, 0.4) is 0 Å². The summed E-state index contributed by atoms with van der Waals surface area (Å²) >= 11 is 0. The number of carbonyl (C=O) groups excluding carboxylic acids is 1. The first-order valence-corrected chi connectivity index (χ1v) is 6.43. The van der Waals surface area contributed by atoms with Crippen molar-refractivity contribution in [2.24, 2.45) is 11.8 Å². The molecule has 5 heteroatoms. The standard InChI is InChI=1S/C13H23NO4/c1-7(2)14(6-11(15)16)13(17)12-8(3)9(4)18-10(12)5/h7-10,12H,6H2,1-5H3,(H,15,16). The Morgan fingerprint density at radius 2 is 1.78 bits per heavy atom. The summed E-state index contributed by atoms with van der Waals surface area (Å²) in [5.74, 6) is -1.23. The van der Waals surface area contributed by atoms with E-state index in [0.29, 0.717) is 0 Å². The van der Waals surface area contributed by atoms with E-state index in [0.717, 1.165) is 0 Å². The normalized spacial score (nSPS) is 31.7. The van der Waals surface area contributed by atoms with Crippen LogP contribution in [0.1, 0.15) is 34.6 Å². The van der Waals surface area contributed by atoms with Gasteiger partial charge in [-0.2, -0.15) is 0 Å². The van der Waals surface area contributed by atoms with Gasteiger partial charge in [-0.15, -0.1) is 0 Å². The maximum Gasteiger partial charge on any atom is 0.323 e. The maximum absolute atomic E-state index is 12.5. The third kappa shape index (κ3) is 3.02. The molecule has 1 heterocycles. The molecule has 1 saturated heterocycles. The molecule has 1 aliphatic rings. The Kier molecular flexibility index (Phi) is 4.73. The average molecular weight is 257 g/mol. The summed E-state index contributed by atoms with van der Waals surface area (Å²) in [5, 5.41) is 8.88. The van der Waals surface area contributed by atoms with Crippen molar-refractivity contribution in [1.29, 1.82) is 0 Å². The zero-order valence-corrected chi connectivity index (χ0v) is 11.7. The second-order valence-corrected chi connectivity index (χ2v) is 5.38. The maximum atomic E-state index is 12.5. The largest absolute Gasteiger partial charge is 0.480 e. The molecule has 0 aliphatic carbocycles. The third-order valence-electron chi connectivity index (χ3n) is 3.74. The molecule has 104 valence electrons. The van der Waals surface area contributed by atoms with Gasteiger partial charge in [0.15, 0.2) is 0 Å². The van der Waals surface area contributed by atoms with Gasteiger partial charge in [-0.3, -0.25) is 9.59 Å². The van der Waals surface area contributed by atoms with Gasteiger partial charge in [-0.1, -0.05) is 6.92 Å². The molecular weight excluding hydrogens is 234 g/mol. The fourth-order valence-corrected chi connectivity index (χ4v) is 2.54. The van der Waals surface area contributed by atoms with Crippen LogP contribution in [0.15, 0.2) is 0 Å². The highest BCUT2D eigenvalue weighted by atomic mass is 16.5. The third-order valence-corrected chi connectivity index (χ3v) is 3.74. The second-order valence-electron chi connectivity index (χ2n) is 5.38. The van der Waals surface area contributed by atoms with Crippen molar-refractivity contribution < 1.29 is 19.4 Å². The zero-order chi connectivity index (χ0) is 14.0. The van der Waals surface area contributed by atoms with Gasteiger partial charge in [0.25, 0.3) is 0 Å². The molecule has 1 aliphatic heterocycles. The average Bonchev–Trinajstić information content (AvgIpc) is 2.48. The summed E-state index contributed by atoms with van der Waals surface area (Å²) in [6, 6.07) is -0.121. The van der Waals surface area contributed by atoms with Crippen LogP contribution in [0.25, 0.3) is 0 Å². The van der Waals surface area contributed by atoms with Crippen LogP contribution >= 0.6 is 0 Å². The Labute approximate surface area is 108 Å². The highest BCUT2D eigenvalue weighted by Crippen LogP contribution is 2.33. The molecule has 0 bridgehead atoms. The molecule has 1 amide bonds. The van der Waals surface area contributed by atoms with Crippen molar-refractivity contribution in [2.75, 3.05) is 6.54 Å². The molecule has 0 spiro atoms. The Morgan fingerprint density at radius 1 is 1.22 bits per heavy atom. The molecule has 0 saturated carbocycles. The summed E-state index contributed by atoms with van der Waals surface area (Å²) in [4.78, 5) is 24.7. The molecule has 0 aromatic carbocycles. The predicted octanol–water partition coefficient (Wildman–Crippen LogP) is 1.37. The van der Waals surface area contributed by atoms with E-state index in [1.165, 1.54) is 4.90 Å². The van der Waals surface area contributed by atoms with E-state index < -0.39 is 5.97 Å². The van der Waals surface area contributed by atoms with E-state index in [1.807, 2.05) is 34.6 Å². The van der Waals surface area contributed by atoms with Crippen molar-refractivity contribution in [3.8, 4) is 0 Å². The van der Waals surface area contributed by atoms with E-state index >= 15 is 0 Å². The smallest absolute Gasteiger partial charge is 0.323 e. The number of hydrogen-bond donors (Lipinski definition) is 1. The summed E-state index contributed by atoms with van der Waals surface area (Å²) < 4.78 is 5.65. The highest BCUT2D eigenvalue weighted by molar-refractivity contribution is 5.84. The van der Waals surface area contributed by atoms with E-state index in [1.54, 1.807) is 0 Å². The molecule has 18 heavy (non-hydrogen) atoms. The van der Waals surface area contributed by atoms with Crippen LogP contribution in [0.2, 0.25) is 0 Å². The summed E-state index contributed by atoms with van der Waals surface area (Å²) in [6.07, 6.45) is -0.120. The molecule has 1 rings (SSSR count). The number of rotatable bonds is 4. The van der Waals surface area contributed by atoms with Crippen LogP contribution in [0.4, 0.5) is 0 Å². The van der Waals surface area contributed by atoms with Crippen molar-refractivity contribution in [2.45, 2.75) is 52.9 Å². The Hall–Kier alpha value is -1.10. The molecular formula is C13H23NO4. The van der Waals surface area contributed by atoms with E-state index in [9.17, 15) is 9.59 Å². The minimum absolute atomic E-state index is 0.0350. The van der Waals surface area contributed by atoms with Crippen molar-refractivity contribution in [1.82, 2.24) is 4.90 Å². The van der Waals surface area contributed by atoms with E-state index in [-0.39, 0.29) is 42.5 Å². The molecule has 0 radical (unpaired) electrons. The monoisotopic (exact) mass is 257 g/mol. The zero-order valence-electron chi connectivity index (χ0n) is 11.7. The predicted molar refractivity (Wildman–Crippen MR) is 67.1 cm³/mol. The van der Waals surface area contributed by atoms with Gasteiger partial charge < -0.3 is 14.7 Å². The van der Waals surface area contributed by atoms with Gasteiger partial charge in [0.1, 0.15) is 6.54 Å². The second kappa shape index (κ2) is 5.69. The highest BCUT2D eigenvalue weighted by Gasteiger charge is 2.43. The first-order valence-electron chi connectivity index (χ1n) is 6.43. The summed E-state index contributed by atoms with van der Waals surface area (Å²) in [7, 11) is 0.